The fraction of sp³-hybridized carbons (Fsp3) is 0.360. The molecule has 1 saturated heterocycles. The summed E-state index contributed by atoms with van der Waals surface area (Å²) in [5.41, 5.74) is 0.275. The van der Waals surface area contributed by atoms with E-state index < -0.39 is 29.2 Å². The van der Waals surface area contributed by atoms with E-state index >= 15 is 0 Å². The fourth-order valence-electron chi connectivity index (χ4n) is 4.69. The third-order valence-corrected chi connectivity index (χ3v) is 7.91. The zero-order valence-electron chi connectivity index (χ0n) is 20.7. The first kappa shape index (κ1) is 26.3. The number of thioether (sulfide) groups is 1. The number of hydrogen-bond donors (Lipinski definition) is 3. The van der Waals surface area contributed by atoms with Crippen LogP contribution in [-0.4, -0.2) is 73.2 Å². The number of aliphatic carboxylic acids is 1. The van der Waals surface area contributed by atoms with Crippen LogP contribution in [0.1, 0.15) is 31.5 Å². The number of carbonyl (C=O) groups excluding carboxylic acids is 3. The van der Waals surface area contributed by atoms with Crippen molar-refractivity contribution in [2.75, 3.05) is 11.1 Å². The number of oxime groups is 1. The Morgan fingerprint density at radius 1 is 1.26 bits per heavy atom. The Balaban J connectivity index is 1.36. The van der Waals surface area contributed by atoms with Crippen molar-refractivity contribution in [3.8, 4) is 0 Å². The Labute approximate surface area is 227 Å². The molecular weight excluding hydrogens is 526 g/mol. The summed E-state index contributed by atoms with van der Waals surface area (Å²) in [6, 6.07) is 6.00. The van der Waals surface area contributed by atoms with E-state index in [1.54, 1.807) is 0 Å². The second-order valence-corrected chi connectivity index (χ2v) is 10.3. The molecule has 2 aromatic rings. The minimum Gasteiger partial charge on any atom is -0.477 e. The van der Waals surface area contributed by atoms with Crippen LogP contribution in [0.15, 0.2) is 59.3 Å². The normalized spacial score (nSPS) is 21.2. The third-order valence-electron chi connectivity index (χ3n) is 6.57. The van der Waals surface area contributed by atoms with Crippen LogP contribution in [0.2, 0.25) is 0 Å². The van der Waals surface area contributed by atoms with Crippen molar-refractivity contribution in [3.05, 3.63) is 60.0 Å². The number of carboxylic acid groups (broad SMARTS) is 1. The summed E-state index contributed by atoms with van der Waals surface area (Å²) >= 11 is 1.37. The summed E-state index contributed by atoms with van der Waals surface area (Å²) in [5, 5.41) is 18.4. The summed E-state index contributed by atoms with van der Waals surface area (Å²) in [6.45, 7) is 0.320. The maximum Gasteiger partial charge on any atom is 0.352 e. The Morgan fingerprint density at radius 2 is 2.03 bits per heavy atom. The first-order chi connectivity index (χ1) is 19.0. The van der Waals surface area contributed by atoms with Gasteiger partial charge in [-0.1, -0.05) is 11.2 Å². The number of nitrogens with one attached hydrogen (secondary N) is 2. The first-order valence-electron chi connectivity index (χ1n) is 12.4. The summed E-state index contributed by atoms with van der Waals surface area (Å²) in [5.74, 6) is -2.05. The maximum atomic E-state index is 13.4. The van der Waals surface area contributed by atoms with Crippen LogP contribution in [0.3, 0.4) is 0 Å². The van der Waals surface area contributed by atoms with Crippen molar-refractivity contribution in [1.82, 2.24) is 20.2 Å². The van der Waals surface area contributed by atoms with Gasteiger partial charge in [-0.05, 0) is 31.7 Å². The van der Waals surface area contributed by atoms with E-state index in [-0.39, 0.29) is 29.2 Å². The minimum atomic E-state index is -1.20. The number of amides is 3. The molecule has 39 heavy (non-hydrogen) atoms. The van der Waals surface area contributed by atoms with Crippen LogP contribution in [0.5, 0.6) is 0 Å². The molecule has 202 valence electrons. The van der Waals surface area contributed by atoms with Crippen LogP contribution < -0.4 is 15.2 Å². The van der Waals surface area contributed by atoms with Gasteiger partial charge in [-0.3, -0.25) is 19.3 Å². The van der Waals surface area contributed by atoms with Gasteiger partial charge in [-0.2, -0.15) is 0 Å². The second-order valence-electron chi connectivity index (χ2n) is 9.15. The van der Waals surface area contributed by atoms with E-state index in [0.29, 0.717) is 24.3 Å². The molecule has 0 spiro atoms. The van der Waals surface area contributed by atoms with Gasteiger partial charge in [-0.25, -0.2) is 19.3 Å². The molecule has 2 atom stereocenters. The molecule has 2 aliphatic heterocycles. The Kier molecular flexibility index (Phi) is 7.81. The van der Waals surface area contributed by atoms with E-state index in [1.165, 1.54) is 28.9 Å². The lowest BCUT2D eigenvalue weighted by molar-refractivity contribution is -0.689. The molecule has 1 unspecified atom stereocenters. The molecule has 4 heterocycles. The first-order valence-corrected chi connectivity index (χ1v) is 13.4. The maximum absolute atomic E-state index is 13.4. The van der Waals surface area contributed by atoms with Gasteiger partial charge in [0.05, 0.1) is 0 Å². The van der Waals surface area contributed by atoms with Gasteiger partial charge in [0.15, 0.2) is 24.8 Å². The molecule has 0 aromatic carbocycles. The SMILES string of the molecule is O=CNc1ccnc(C(=NOC2CCCC2)C(=O)NC2C(=O)N3C(C(=O)O)=C(C[n+]4ccccc4)CS[C@H]23)n1. The average Bonchev–Trinajstić information content (AvgIpc) is 3.46. The number of carboxylic acids is 1. The lowest BCUT2D eigenvalue weighted by Gasteiger charge is -2.49. The van der Waals surface area contributed by atoms with E-state index in [4.69, 9.17) is 4.84 Å². The molecule has 5 rings (SSSR count). The lowest BCUT2D eigenvalue weighted by Crippen LogP contribution is -2.71. The zero-order valence-corrected chi connectivity index (χ0v) is 21.5. The Hall–Kier alpha value is -4.33. The Morgan fingerprint density at radius 3 is 2.74 bits per heavy atom. The molecule has 14 heteroatoms. The predicted molar refractivity (Wildman–Crippen MR) is 138 cm³/mol. The quantitative estimate of drug-likeness (QED) is 0.125. The lowest BCUT2D eigenvalue weighted by atomic mass is 10.0. The molecular formula is C25H26N7O6S+. The number of pyridine rings is 1. The van der Waals surface area contributed by atoms with Gasteiger partial charge in [0.2, 0.25) is 12.1 Å². The third kappa shape index (κ3) is 5.60. The fourth-order valence-corrected chi connectivity index (χ4v) is 6.03. The number of rotatable bonds is 10. The van der Waals surface area contributed by atoms with E-state index in [2.05, 4.69) is 25.8 Å². The van der Waals surface area contributed by atoms with Crippen molar-refractivity contribution in [2.24, 2.45) is 5.16 Å². The van der Waals surface area contributed by atoms with Gasteiger partial charge in [0.1, 0.15) is 29.0 Å². The molecule has 13 nitrogen and oxygen atoms in total. The van der Waals surface area contributed by atoms with Crippen molar-refractivity contribution >= 4 is 47.5 Å². The molecule has 3 aliphatic rings. The van der Waals surface area contributed by atoms with Crippen LogP contribution >= 0.6 is 11.8 Å². The monoisotopic (exact) mass is 552 g/mol. The minimum absolute atomic E-state index is 0.0694. The molecule has 1 saturated carbocycles. The number of hydrogen-bond acceptors (Lipinski definition) is 9. The van der Waals surface area contributed by atoms with Gasteiger partial charge >= 0.3 is 5.97 Å². The van der Waals surface area contributed by atoms with Gasteiger partial charge < -0.3 is 20.6 Å². The second kappa shape index (κ2) is 11.6. The molecule has 2 aromatic heterocycles. The van der Waals surface area contributed by atoms with Crippen molar-refractivity contribution in [3.63, 3.8) is 0 Å². The predicted octanol–water partition coefficient (Wildman–Crippen LogP) is 0.435. The molecule has 3 amide bonds. The van der Waals surface area contributed by atoms with Gasteiger partial charge in [0.25, 0.3) is 11.8 Å². The summed E-state index contributed by atoms with van der Waals surface area (Å²) in [7, 11) is 0. The molecule has 3 N–H and O–H groups in total. The van der Waals surface area contributed by atoms with Crippen LogP contribution in [-0.2, 0) is 30.6 Å². The summed E-state index contributed by atoms with van der Waals surface area (Å²) < 4.78 is 1.84. The van der Waals surface area contributed by atoms with E-state index in [1.807, 2.05) is 35.2 Å². The van der Waals surface area contributed by atoms with Crippen molar-refractivity contribution < 1.29 is 33.7 Å². The highest BCUT2D eigenvalue weighted by atomic mass is 32.2. The van der Waals surface area contributed by atoms with E-state index in [9.17, 15) is 24.3 Å². The Bertz CT molecular complexity index is 1350. The smallest absolute Gasteiger partial charge is 0.352 e. The van der Waals surface area contributed by atoms with E-state index in [0.717, 1.165) is 25.7 Å². The van der Waals surface area contributed by atoms with Crippen LogP contribution in [0.25, 0.3) is 0 Å². The topological polar surface area (TPSA) is 167 Å². The molecule has 0 bridgehead atoms. The van der Waals surface area contributed by atoms with Gasteiger partial charge in [0, 0.05) is 29.7 Å². The highest BCUT2D eigenvalue weighted by Crippen LogP contribution is 2.40. The van der Waals surface area contributed by atoms with Gasteiger partial charge in [-0.15, -0.1) is 11.8 Å². The van der Waals surface area contributed by atoms with Crippen LogP contribution in [0.4, 0.5) is 5.82 Å². The summed E-state index contributed by atoms with van der Waals surface area (Å²) in [4.78, 5) is 64.6. The highest BCUT2D eigenvalue weighted by Gasteiger charge is 2.54. The number of anilines is 1. The van der Waals surface area contributed by atoms with Crippen molar-refractivity contribution in [2.45, 2.75) is 49.7 Å². The number of aromatic nitrogens is 3. The molecule has 0 radical (unpaired) electrons. The number of fused-ring (bicyclic) bond motifs is 1. The molecule has 2 fully saturated rings. The highest BCUT2D eigenvalue weighted by molar-refractivity contribution is 8.00. The molecule has 1 aliphatic carbocycles. The summed E-state index contributed by atoms with van der Waals surface area (Å²) in [6.07, 6.45) is 8.87. The number of β-lactam (4-membered cyclic amide) rings is 1. The number of nitrogens with zero attached hydrogens (tertiary/aromatic N) is 5. The average molecular weight is 553 g/mol. The largest absolute Gasteiger partial charge is 0.477 e. The number of carbonyl (C=O) groups is 4. The van der Waals surface area contributed by atoms with Crippen LogP contribution in [0, 0.1) is 0 Å². The zero-order chi connectivity index (χ0) is 27.4. The standard InChI is InChI=1S/C25H25N7O6S/c33-14-27-17-8-9-26-21(28-17)18(30-38-16-6-2-3-7-16)22(34)29-19-23(35)32-20(25(36)37)15(13-39-24(19)32)12-31-10-4-1-5-11-31/h1,4-5,8-11,14,16,19,24H,2-3,6-7,12-13H2,(H2-,26,27,28,29,33,34,36,37)/p+1/t19?,24-/m1/s1. The van der Waals surface area contributed by atoms with Crippen molar-refractivity contribution in [1.29, 1.82) is 0 Å².